The lowest BCUT2D eigenvalue weighted by atomic mass is 10.1. The second-order valence-corrected chi connectivity index (χ2v) is 6.43. The lowest BCUT2D eigenvalue weighted by Gasteiger charge is -2.18. The summed E-state index contributed by atoms with van der Waals surface area (Å²) in [7, 11) is 0. The molecule has 2 aliphatic heterocycles. The summed E-state index contributed by atoms with van der Waals surface area (Å²) in [4.78, 5) is 12.4. The van der Waals surface area contributed by atoms with Crippen LogP contribution in [0.4, 0.5) is 0 Å². The zero-order valence-electron chi connectivity index (χ0n) is 12.7. The SMILES string of the molecule is O=C(NCc1ccc2c(c1)OCO2)C1=Cc2cc(Br)ccc2OC1. The number of carbonyl (C=O) groups excluding carboxylic acids is 1. The van der Waals surface area contributed by atoms with Gasteiger partial charge < -0.3 is 19.5 Å². The Morgan fingerprint density at radius 2 is 1.88 bits per heavy atom. The van der Waals surface area contributed by atoms with Crippen LogP contribution in [-0.2, 0) is 11.3 Å². The summed E-state index contributed by atoms with van der Waals surface area (Å²) in [6.07, 6.45) is 1.86. The van der Waals surface area contributed by atoms with Gasteiger partial charge in [0.25, 0.3) is 5.91 Å². The van der Waals surface area contributed by atoms with Crippen molar-refractivity contribution in [3.05, 3.63) is 57.6 Å². The van der Waals surface area contributed by atoms with E-state index in [-0.39, 0.29) is 19.3 Å². The van der Waals surface area contributed by atoms with Gasteiger partial charge in [0, 0.05) is 16.6 Å². The highest BCUT2D eigenvalue weighted by Gasteiger charge is 2.18. The number of ether oxygens (including phenoxy) is 3. The fraction of sp³-hybridized carbons (Fsp3) is 0.167. The Kier molecular flexibility index (Phi) is 3.90. The monoisotopic (exact) mass is 387 g/mol. The summed E-state index contributed by atoms with van der Waals surface area (Å²) in [5, 5.41) is 2.91. The molecule has 5 nitrogen and oxygen atoms in total. The van der Waals surface area contributed by atoms with Gasteiger partial charge >= 0.3 is 0 Å². The summed E-state index contributed by atoms with van der Waals surface area (Å²) >= 11 is 3.43. The Bertz CT molecular complexity index is 847. The van der Waals surface area contributed by atoms with E-state index in [4.69, 9.17) is 14.2 Å². The van der Waals surface area contributed by atoms with Crippen LogP contribution in [0.1, 0.15) is 11.1 Å². The van der Waals surface area contributed by atoms with Crippen LogP contribution in [-0.4, -0.2) is 19.3 Å². The summed E-state index contributed by atoms with van der Waals surface area (Å²) < 4.78 is 17.2. The van der Waals surface area contributed by atoms with Gasteiger partial charge in [-0.2, -0.15) is 0 Å². The molecular weight excluding hydrogens is 374 g/mol. The third-order valence-electron chi connectivity index (χ3n) is 3.87. The predicted molar refractivity (Wildman–Crippen MR) is 92.0 cm³/mol. The van der Waals surface area contributed by atoms with Crippen LogP contribution in [0.5, 0.6) is 17.2 Å². The number of hydrogen-bond donors (Lipinski definition) is 1. The molecule has 1 amide bonds. The van der Waals surface area contributed by atoms with Crippen molar-refractivity contribution in [1.29, 1.82) is 0 Å². The first-order valence-corrected chi connectivity index (χ1v) is 8.28. The molecule has 24 heavy (non-hydrogen) atoms. The number of amides is 1. The van der Waals surface area contributed by atoms with Crippen molar-refractivity contribution in [3.63, 3.8) is 0 Å². The van der Waals surface area contributed by atoms with E-state index in [1.54, 1.807) is 0 Å². The van der Waals surface area contributed by atoms with Crippen LogP contribution in [0.3, 0.4) is 0 Å². The van der Waals surface area contributed by atoms with E-state index in [0.29, 0.717) is 17.9 Å². The fourth-order valence-corrected chi connectivity index (χ4v) is 3.01. The molecule has 2 aromatic carbocycles. The molecule has 4 rings (SSSR count). The summed E-state index contributed by atoms with van der Waals surface area (Å²) in [6, 6.07) is 11.4. The minimum Gasteiger partial charge on any atom is -0.488 e. The maximum Gasteiger partial charge on any atom is 0.250 e. The number of halogens is 1. The molecule has 6 heteroatoms. The minimum atomic E-state index is -0.140. The van der Waals surface area contributed by atoms with Crippen molar-refractivity contribution in [3.8, 4) is 17.2 Å². The maximum absolute atomic E-state index is 12.4. The van der Waals surface area contributed by atoms with E-state index < -0.39 is 0 Å². The zero-order valence-corrected chi connectivity index (χ0v) is 14.3. The molecule has 2 heterocycles. The number of fused-ring (bicyclic) bond motifs is 2. The van der Waals surface area contributed by atoms with Crippen molar-refractivity contribution < 1.29 is 19.0 Å². The number of carbonyl (C=O) groups is 1. The van der Waals surface area contributed by atoms with Crippen molar-refractivity contribution in [2.24, 2.45) is 0 Å². The van der Waals surface area contributed by atoms with Crippen LogP contribution < -0.4 is 19.5 Å². The van der Waals surface area contributed by atoms with Gasteiger partial charge in [0.05, 0.1) is 5.57 Å². The van der Waals surface area contributed by atoms with E-state index in [9.17, 15) is 4.79 Å². The second kappa shape index (κ2) is 6.20. The normalized spacial score (nSPS) is 14.5. The Hall–Kier alpha value is -2.47. The topological polar surface area (TPSA) is 56.8 Å². The van der Waals surface area contributed by atoms with E-state index in [0.717, 1.165) is 27.1 Å². The molecule has 0 unspecified atom stereocenters. The number of hydrogen-bond acceptors (Lipinski definition) is 4. The van der Waals surface area contributed by atoms with Crippen LogP contribution in [0.25, 0.3) is 6.08 Å². The third kappa shape index (κ3) is 2.97. The number of nitrogens with one attached hydrogen (secondary N) is 1. The van der Waals surface area contributed by atoms with Crippen molar-refractivity contribution >= 4 is 27.9 Å². The Labute approximate surface area is 147 Å². The lowest BCUT2D eigenvalue weighted by molar-refractivity contribution is -0.117. The van der Waals surface area contributed by atoms with Gasteiger partial charge in [-0.05, 0) is 42.0 Å². The first kappa shape index (κ1) is 15.1. The zero-order chi connectivity index (χ0) is 16.5. The van der Waals surface area contributed by atoms with Crippen LogP contribution in [0, 0.1) is 0 Å². The standard InChI is InChI=1S/C18H14BrNO4/c19-14-2-4-15-12(7-14)6-13(9-22-15)18(21)20-8-11-1-3-16-17(5-11)24-10-23-16/h1-7H,8-10H2,(H,20,21). The molecule has 0 fully saturated rings. The van der Waals surface area contributed by atoms with E-state index in [1.807, 2.05) is 42.5 Å². The summed E-state index contributed by atoms with van der Waals surface area (Å²) in [5.74, 6) is 2.08. The van der Waals surface area contributed by atoms with Gasteiger partial charge in [-0.3, -0.25) is 4.79 Å². The highest BCUT2D eigenvalue weighted by atomic mass is 79.9. The van der Waals surface area contributed by atoms with Gasteiger partial charge in [0.15, 0.2) is 11.5 Å². The average Bonchev–Trinajstić information content (AvgIpc) is 3.06. The highest BCUT2D eigenvalue weighted by molar-refractivity contribution is 9.10. The maximum atomic E-state index is 12.4. The van der Waals surface area contributed by atoms with Crippen molar-refractivity contribution in [1.82, 2.24) is 5.32 Å². The predicted octanol–water partition coefficient (Wildman–Crippen LogP) is 3.27. The van der Waals surface area contributed by atoms with Gasteiger partial charge in [-0.25, -0.2) is 0 Å². The van der Waals surface area contributed by atoms with Gasteiger partial charge in [-0.1, -0.05) is 22.0 Å². The first-order chi connectivity index (χ1) is 11.7. The smallest absolute Gasteiger partial charge is 0.250 e. The number of benzene rings is 2. The largest absolute Gasteiger partial charge is 0.488 e. The summed E-state index contributed by atoms with van der Waals surface area (Å²) in [5.41, 5.74) is 2.44. The quantitative estimate of drug-likeness (QED) is 0.877. The average molecular weight is 388 g/mol. The molecule has 0 aliphatic carbocycles. The number of rotatable bonds is 3. The third-order valence-corrected chi connectivity index (χ3v) is 4.36. The van der Waals surface area contributed by atoms with Crippen LogP contribution in [0.15, 0.2) is 46.4 Å². The molecule has 1 N–H and O–H groups in total. The van der Waals surface area contributed by atoms with Crippen LogP contribution >= 0.6 is 15.9 Å². The van der Waals surface area contributed by atoms with Crippen LogP contribution in [0.2, 0.25) is 0 Å². The van der Waals surface area contributed by atoms with Crippen molar-refractivity contribution in [2.45, 2.75) is 6.54 Å². The molecule has 0 radical (unpaired) electrons. The molecule has 0 bridgehead atoms. The second-order valence-electron chi connectivity index (χ2n) is 5.51. The van der Waals surface area contributed by atoms with E-state index >= 15 is 0 Å². The Morgan fingerprint density at radius 3 is 2.79 bits per heavy atom. The molecular formula is C18H14BrNO4. The minimum absolute atomic E-state index is 0.140. The first-order valence-electron chi connectivity index (χ1n) is 7.49. The fourth-order valence-electron chi connectivity index (χ4n) is 2.63. The molecule has 122 valence electrons. The molecule has 0 saturated heterocycles. The molecule has 2 aliphatic rings. The highest BCUT2D eigenvalue weighted by Crippen LogP contribution is 2.32. The van der Waals surface area contributed by atoms with E-state index in [2.05, 4.69) is 21.2 Å². The lowest BCUT2D eigenvalue weighted by Crippen LogP contribution is -2.28. The summed E-state index contributed by atoms with van der Waals surface area (Å²) in [6.45, 7) is 0.921. The van der Waals surface area contributed by atoms with E-state index in [1.165, 1.54) is 0 Å². The molecule has 0 aromatic heterocycles. The molecule has 0 saturated carbocycles. The van der Waals surface area contributed by atoms with Gasteiger partial charge in [0.1, 0.15) is 12.4 Å². The van der Waals surface area contributed by atoms with Crippen molar-refractivity contribution in [2.75, 3.05) is 13.4 Å². The van der Waals surface area contributed by atoms with Gasteiger partial charge in [-0.15, -0.1) is 0 Å². The Balaban J connectivity index is 1.45. The van der Waals surface area contributed by atoms with Gasteiger partial charge in [0.2, 0.25) is 6.79 Å². The molecule has 2 aromatic rings. The molecule has 0 spiro atoms. The molecule has 0 atom stereocenters. The Morgan fingerprint density at radius 1 is 1.04 bits per heavy atom.